The molecular formula is C30H24N6. The van der Waals surface area contributed by atoms with Crippen LogP contribution < -0.4 is 5.43 Å². The highest BCUT2D eigenvalue weighted by molar-refractivity contribution is 5.99. The fraction of sp³-hybridized carbons (Fsp3) is 0.0333. The molecule has 0 fully saturated rings. The number of benzene rings is 4. The lowest BCUT2D eigenvalue weighted by molar-refractivity contribution is 1.08. The number of nitrogens with one attached hydrogen (secondary N) is 1. The van der Waals surface area contributed by atoms with E-state index in [0.29, 0.717) is 5.84 Å². The molecule has 4 aromatic carbocycles. The van der Waals surface area contributed by atoms with Gasteiger partial charge in [0.1, 0.15) is 0 Å². The predicted molar refractivity (Wildman–Crippen MR) is 145 cm³/mol. The first-order valence-electron chi connectivity index (χ1n) is 11.6. The van der Waals surface area contributed by atoms with E-state index in [9.17, 15) is 0 Å². The molecule has 0 aliphatic rings. The lowest BCUT2D eigenvalue weighted by Gasteiger charge is -2.07. The zero-order valence-corrected chi connectivity index (χ0v) is 19.8. The Morgan fingerprint density at radius 2 is 1.17 bits per heavy atom. The number of hydrogen-bond donors (Lipinski definition) is 1. The predicted octanol–water partition coefficient (Wildman–Crippen LogP) is 7.68. The van der Waals surface area contributed by atoms with Gasteiger partial charge in [0.15, 0.2) is 0 Å². The first kappa shape index (κ1) is 22.8. The number of aromatic nitrogens is 2. The number of rotatable bonds is 6. The normalized spacial score (nSPS) is 11.5. The van der Waals surface area contributed by atoms with Crippen molar-refractivity contribution in [2.45, 2.75) is 6.92 Å². The van der Waals surface area contributed by atoms with Gasteiger partial charge in [-0.25, -0.2) is 9.97 Å². The summed E-state index contributed by atoms with van der Waals surface area (Å²) in [6, 6.07) is 39.6. The third-order valence-electron chi connectivity index (χ3n) is 5.46. The largest absolute Gasteiger partial charge is 0.276 e. The summed E-state index contributed by atoms with van der Waals surface area (Å²) in [7, 11) is 0. The number of amidine groups is 1. The van der Waals surface area contributed by atoms with Gasteiger partial charge in [0.25, 0.3) is 5.95 Å². The first-order chi connectivity index (χ1) is 17.7. The highest BCUT2D eigenvalue weighted by Gasteiger charge is 2.09. The molecule has 0 saturated carbocycles. The number of hydrazone groups is 1. The fourth-order valence-electron chi connectivity index (χ4n) is 3.56. The van der Waals surface area contributed by atoms with Crippen LogP contribution in [0.5, 0.6) is 0 Å². The van der Waals surface area contributed by atoms with Crippen LogP contribution in [0.15, 0.2) is 137 Å². The molecule has 1 aromatic heterocycles. The minimum Gasteiger partial charge on any atom is -0.276 e. The lowest BCUT2D eigenvalue weighted by atomic mass is 10.1. The van der Waals surface area contributed by atoms with Crippen LogP contribution in [0.3, 0.4) is 0 Å². The Balaban J connectivity index is 1.53. The maximum absolute atomic E-state index is 4.68. The summed E-state index contributed by atoms with van der Waals surface area (Å²) in [6.07, 6.45) is 0. The maximum Gasteiger partial charge on any atom is 0.270 e. The molecule has 6 heteroatoms. The molecule has 1 N–H and O–H groups in total. The van der Waals surface area contributed by atoms with Crippen LogP contribution in [0.2, 0.25) is 0 Å². The Hall–Kier alpha value is -4.97. The zero-order chi connectivity index (χ0) is 24.6. The monoisotopic (exact) mass is 468 g/mol. The molecule has 0 saturated heterocycles. The summed E-state index contributed by atoms with van der Waals surface area (Å²) in [5, 5.41) is 13.4. The minimum absolute atomic E-state index is 0.258. The van der Waals surface area contributed by atoms with Crippen LogP contribution in [-0.4, -0.2) is 15.8 Å². The van der Waals surface area contributed by atoms with E-state index >= 15 is 0 Å². The van der Waals surface area contributed by atoms with E-state index in [1.807, 2.05) is 128 Å². The van der Waals surface area contributed by atoms with E-state index in [4.69, 9.17) is 0 Å². The molecule has 0 spiro atoms. The molecule has 5 aromatic rings. The van der Waals surface area contributed by atoms with Crippen molar-refractivity contribution in [3.05, 3.63) is 132 Å². The van der Waals surface area contributed by atoms with E-state index in [1.54, 1.807) is 0 Å². The maximum atomic E-state index is 4.68. The van der Waals surface area contributed by atoms with Crippen molar-refractivity contribution >= 4 is 17.5 Å². The minimum atomic E-state index is 0.258. The van der Waals surface area contributed by atoms with Crippen molar-refractivity contribution in [1.29, 1.82) is 0 Å². The first-order valence-corrected chi connectivity index (χ1v) is 11.6. The van der Waals surface area contributed by atoms with Crippen molar-refractivity contribution in [2.75, 3.05) is 5.43 Å². The summed E-state index contributed by atoms with van der Waals surface area (Å²) >= 11 is 0. The Morgan fingerprint density at radius 1 is 0.639 bits per heavy atom. The molecule has 0 atom stereocenters. The topological polar surface area (TPSA) is 74.9 Å². The summed E-state index contributed by atoms with van der Waals surface area (Å²) in [6.45, 7) is 2.05. The Morgan fingerprint density at radius 3 is 1.72 bits per heavy atom. The second kappa shape index (κ2) is 11.0. The summed E-state index contributed by atoms with van der Waals surface area (Å²) in [5.74, 6) is 0.681. The third kappa shape index (κ3) is 5.74. The molecule has 1 heterocycles. The quantitative estimate of drug-likeness (QED) is 0.120. The van der Waals surface area contributed by atoms with Gasteiger partial charge in [0.2, 0.25) is 5.84 Å². The molecule has 0 amide bonds. The van der Waals surface area contributed by atoms with Gasteiger partial charge in [-0.1, -0.05) is 109 Å². The molecular weight excluding hydrogens is 444 g/mol. The highest BCUT2D eigenvalue weighted by atomic mass is 15.3. The van der Waals surface area contributed by atoms with Gasteiger partial charge in [-0.05, 0) is 25.1 Å². The smallest absolute Gasteiger partial charge is 0.270 e. The van der Waals surface area contributed by atoms with Gasteiger partial charge in [0, 0.05) is 16.7 Å². The van der Waals surface area contributed by atoms with Gasteiger partial charge >= 0.3 is 0 Å². The van der Waals surface area contributed by atoms with Gasteiger partial charge in [-0.3, -0.25) is 5.43 Å². The van der Waals surface area contributed by atoms with Crippen molar-refractivity contribution in [3.8, 4) is 22.5 Å². The van der Waals surface area contributed by atoms with Crippen molar-refractivity contribution in [1.82, 2.24) is 9.97 Å². The molecule has 6 nitrogen and oxygen atoms in total. The van der Waals surface area contributed by atoms with E-state index < -0.39 is 0 Å². The van der Waals surface area contributed by atoms with Crippen LogP contribution in [0.25, 0.3) is 22.5 Å². The number of aryl methyl sites for hydroxylation is 1. The van der Waals surface area contributed by atoms with Gasteiger partial charge in [-0.15, -0.1) is 10.2 Å². The van der Waals surface area contributed by atoms with Crippen LogP contribution in [0, 0.1) is 6.92 Å². The highest BCUT2D eigenvalue weighted by Crippen LogP contribution is 2.26. The van der Waals surface area contributed by atoms with E-state index in [2.05, 4.69) is 30.7 Å². The number of anilines is 1. The fourth-order valence-corrected chi connectivity index (χ4v) is 3.56. The average Bonchev–Trinajstić information content (AvgIpc) is 2.95. The van der Waals surface area contributed by atoms with Gasteiger partial charge in [-0.2, -0.15) is 5.10 Å². The molecule has 0 radical (unpaired) electrons. The summed E-state index contributed by atoms with van der Waals surface area (Å²) in [4.78, 5) is 9.35. The number of azo groups is 1. The molecule has 0 aliphatic heterocycles. The Labute approximate surface area is 210 Å². The van der Waals surface area contributed by atoms with E-state index in [-0.39, 0.29) is 5.95 Å². The Kier molecular flexibility index (Phi) is 6.95. The summed E-state index contributed by atoms with van der Waals surface area (Å²) in [5.41, 5.74) is 9.44. The standard InChI is InChI=1S/C30H24N6/c1-22-17-19-26(20-18-22)33-34-29(25-15-9-4-10-16-25)35-36-30-31-27(23-11-5-2-6-12-23)21-28(32-30)24-13-7-3-8-14-24/h2-21,33H,1H3/b34-29-,36-35?. The number of nitrogens with zero attached hydrogens (tertiary/aromatic N) is 5. The molecule has 0 bridgehead atoms. The molecule has 174 valence electrons. The molecule has 36 heavy (non-hydrogen) atoms. The SMILES string of the molecule is Cc1ccc(N/N=C(\N=Nc2nc(-c3ccccc3)cc(-c3ccccc3)n2)c2ccccc2)cc1. The number of hydrogen-bond acceptors (Lipinski definition) is 5. The van der Waals surface area contributed by atoms with Crippen LogP contribution in [0.1, 0.15) is 11.1 Å². The van der Waals surface area contributed by atoms with Gasteiger partial charge in [0.05, 0.1) is 17.1 Å². The third-order valence-corrected chi connectivity index (χ3v) is 5.46. The van der Waals surface area contributed by atoms with Crippen LogP contribution in [0.4, 0.5) is 11.6 Å². The van der Waals surface area contributed by atoms with E-state index in [1.165, 1.54) is 5.56 Å². The van der Waals surface area contributed by atoms with Crippen molar-refractivity contribution < 1.29 is 0 Å². The lowest BCUT2D eigenvalue weighted by Crippen LogP contribution is -2.01. The Bertz CT molecular complexity index is 1420. The second-order valence-electron chi connectivity index (χ2n) is 8.15. The van der Waals surface area contributed by atoms with Crippen molar-refractivity contribution in [2.24, 2.45) is 15.3 Å². The van der Waals surface area contributed by atoms with Gasteiger partial charge < -0.3 is 0 Å². The van der Waals surface area contributed by atoms with E-state index in [0.717, 1.165) is 33.8 Å². The second-order valence-corrected chi connectivity index (χ2v) is 8.15. The average molecular weight is 469 g/mol. The zero-order valence-electron chi connectivity index (χ0n) is 19.8. The molecule has 5 rings (SSSR count). The summed E-state index contributed by atoms with van der Waals surface area (Å²) < 4.78 is 0. The molecule has 0 aliphatic carbocycles. The van der Waals surface area contributed by atoms with Crippen LogP contribution >= 0.6 is 0 Å². The van der Waals surface area contributed by atoms with Crippen LogP contribution in [-0.2, 0) is 0 Å². The van der Waals surface area contributed by atoms with Crippen molar-refractivity contribution in [3.63, 3.8) is 0 Å². The molecule has 0 unspecified atom stereocenters.